The Kier molecular flexibility index (Phi) is 9.03. The van der Waals surface area contributed by atoms with E-state index in [1.54, 1.807) is 11.0 Å². The lowest BCUT2D eigenvalue weighted by Crippen LogP contribution is -2.50. The maximum absolute atomic E-state index is 14.0. The number of ether oxygens (including phenoxy) is 2. The van der Waals surface area contributed by atoms with Crippen LogP contribution < -0.4 is 4.90 Å². The third-order valence-corrected chi connectivity index (χ3v) is 8.71. The minimum absolute atomic E-state index is 0.0224. The summed E-state index contributed by atoms with van der Waals surface area (Å²) in [5.74, 6) is 5.05. The largest absolute Gasteiger partial charge is 0.477 e. The average Bonchev–Trinajstić information content (AvgIpc) is 3.53. The van der Waals surface area contributed by atoms with E-state index in [-0.39, 0.29) is 40.9 Å². The number of rotatable bonds is 7. The second-order valence-electron chi connectivity index (χ2n) is 12.1. The molecule has 0 bridgehead atoms. The lowest BCUT2D eigenvalue weighted by atomic mass is 9.81. The van der Waals surface area contributed by atoms with Gasteiger partial charge in [0.25, 0.3) is 0 Å². The van der Waals surface area contributed by atoms with Gasteiger partial charge < -0.3 is 24.6 Å². The Morgan fingerprint density at radius 1 is 1.24 bits per heavy atom. The fourth-order valence-electron chi connectivity index (χ4n) is 5.37. The van der Waals surface area contributed by atoms with Crippen LogP contribution in [-0.4, -0.2) is 59.7 Å². The van der Waals surface area contributed by atoms with Crippen LogP contribution in [0.1, 0.15) is 93.6 Å². The SMILES string of the molecule is CC1=CC[C@H](C(=O)N(c2cc(C#CC(C)(C)C)sc2C(=O)O)C2CCC(O)(CO[C@H]3CCOC3)CC2)CC1. The van der Waals surface area contributed by atoms with Gasteiger partial charge in [-0.2, -0.15) is 0 Å². The van der Waals surface area contributed by atoms with Gasteiger partial charge in [-0.15, -0.1) is 11.3 Å². The van der Waals surface area contributed by atoms with E-state index in [0.717, 1.165) is 30.6 Å². The summed E-state index contributed by atoms with van der Waals surface area (Å²) in [6.07, 6.45) is 7.41. The molecule has 1 amide bonds. The Morgan fingerprint density at radius 2 is 1.97 bits per heavy atom. The highest BCUT2D eigenvalue weighted by Crippen LogP contribution is 2.40. The molecule has 4 rings (SSSR count). The predicted molar refractivity (Wildman–Crippen MR) is 149 cm³/mol. The first kappa shape index (κ1) is 28.8. The Hall–Kier alpha value is -2.18. The molecule has 0 spiro atoms. The van der Waals surface area contributed by atoms with Crippen molar-refractivity contribution < 1.29 is 29.3 Å². The lowest BCUT2D eigenvalue weighted by molar-refractivity contribution is -0.124. The number of anilines is 1. The number of aromatic carboxylic acids is 1. The van der Waals surface area contributed by atoms with E-state index in [1.165, 1.54) is 5.57 Å². The van der Waals surface area contributed by atoms with Crippen LogP contribution in [0, 0.1) is 23.2 Å². The standard InChI is InChI=1S/C30H41NO6S/c1-20-5-7-21(8-6-20)27(32)31(25-17-24(11-13-29(2,3)4)38-26(25)28(33)34)22-9-14-30(35,15-10-22)19-37-23-12-16-36-18-23/h5,17,21-23,35H,6-10,12,14-16,18-19H2,1-4H3,(H,33,34)/t21-,22?,23-,30?/m0/s1. The van der Waals surface area contributed by atoms with E-state index in [2.05, 4.69) is 24.8 Å². The summed E-state index contributed by atoms with van der Waals surface area (Å²) in [5.41, 5.74) is 0.548. The second kappa shape index (κ2) is 11.9. The van der Waals surface area contributed by atoms with Crippen molar-refractivity contribution in [2.24, 2.45) is 11.3 Å². The van der Waals surface area contributed by atoms with E-state index in [0.29, 0.717) is 55.9 Å². The van der Waals surface area contributed by atoms with Crippen molar-refractivity contribution in [1.82, 2.24) is 0 Å². The molecule has 0 radical (unpaired) electrons. The molecule has 208 valence electrons. The van der Waals surface area contributed by atoms with Crippen molar-refractivity contribution in [3.05, 3.63) is 27.5 Å². The number of carbonyl (C=O) groups excluding carboxylic acids is 1. The molecule has 1 aliphatic heterocycles. The molecular weight excluding hydrogens is 502 g/mol. The maximum atomic E-state index is 14.0. The molecular formula is C30H41NO6S. The highest BCUT2D eigenvalue weighted by Gasteiger charge is 2.41. The van der Waals surface area contributed by atoms with Crippen molar-refractivity contribution in [2.75, 3.05) is 24.7 Å². The smallest absolute Gasteiger partial charge is 0.348 e. The van der Waals surface area contributed by atoms with Crippen LogP contribution >= 0.6 is 11.3 Å². The molecule has 0 aromatic carbocycles. The first-order chi connectivity index (χ1) is 17.9. The second-order valence-corrected chi connectivity index (χ2v) is 13.2. The normalized spacial score (nSPS) is 27.8. The Balaban J connectivity index is 1.60. The Labute approximate surface area is 230 Å². The first-order valence-electron chi connectivity index (χ1n) is 13.7. The van der Waals surface area contributed by atoms with Gasteiger partial charge in [-0.1, -0.05) is 23.5 Å². The van der Waals surface area contributed by atoms with E-state index < -0.39 is 11.6 Å². The van der Waals surface area contributed by atoms with E-state index >= 15 is 0 Å². The summed E-state index contributed by atoms with van der Waals surface area (Å²) in [6, 6.07) is 1.58. The number of amides is 1. The van der Waals surface area contributed by atoms with Gasteiger partial charge in [0.1, 0.15) is 4.88 Å². The number of hydrogen-bond donors (Lipinski definition) is 2. The monoisotopic (exact) mass is 543 g/mol. The first-order valence-corrected chi connectivity index (χ1v) is 14.6. The number of thiophene rings is 1. The van der Waals surface area contributed by atoms with Gasteiger partial charge in [-0.05, 0) is 85.1 Å². The van der Waals surface area contributed by atoms with Crippen molar-refractivity contribution in [1.29, 1.82) is 0 Å². The third-order valence-electron chi connectivity index (χ3n) is 7.68. The zero-order chi connectivity index (χ0) is 27.5. The number of aliphatic hydroxyl groups is 1. The number of nitrogens with zero attached hydrogens (tertiary/aromatic N) is 1. The van der Waals surface area contributed by atoms with Crippen LogP contribution in [0.15, 0.2) is 17.7 Å². The minimum atomic E-state index is -1.05. The van der Waals surface area contributed by atoms with Crippen LogP contribution in [-0.2, 0) is 14.3 Å². The van der Waals surface area contributed by atoms with E-state index in [4.69, 9.17) is 9.47 Å². The van der Waals surface area contributed by atoms with Crippen molar-refractivity contribution in [3.8, 4) is 11.8 Å². The van der Waals surface area contributed by atoms with Crippen LogP contribution in [0.3, 0.4) is 0 Å². The zero-order valence-corrected chi connectivity index (χ0v) is 23.9. The summed E-state index contributed by atoms with van der Waals surface area (Å²) in [6.45, 7) is 9.61. The molecule has 1 saturated heterocycles. The van der Waals surface area contributed by atoms with Crippen molar-refractivity contribution in [2.45, 2.75) is 96.8 Å². The van der Waals surface area contributed by atoms with Gasteiger partial charge >= 0.3 is 5.97 Å². The molecule has 1 aromatic rings. The van der Waals surface area contributed by atoms with Crippen molar-refractivity contribution >= 4 is 28.9 Å². The molecule has 2 fully saturated rings. The summed E-state index contributed by atoms with van der Waals surface area (Å²) >= 11 is 1.13. The zero-order valence-electron chi connectivity index (χ0n) is 23.0. The summed E-state index contributed by atoms with van der Waals surface area (Å²) in [5, 5.41) is 21.3. The van der Waals surface area contributed by atoms with Crippen LogP contribution in [0.2, 0.25) is 0 Å². The number of carboxylic acids is 1. The van der Waals surface area contributed by atoms with Gasteiger partial charge in [-0.3, -0.25) is 4.79 Å². The predicted octanol–water partition coefficient (Wildman–Crippen LogP) is 5.40. The third kappa shape index (κ3) is 7.26. The van der Waals surface area contributed by atoms with Crippen LogP contribution in [0.25, 0.3) is 0 Å². The summed E-state index contributed by atoms with van der Waals surface area (Å²) < 4.78 is 11.3. The maximum Gasteiger partial charge on any atom is 0.348 e. The minimum Gasteiger partial charge on any atom is -0.477 e. The average molecular weight is 544 g/mol. The molecule has 2 N–H and O–H groups in total. The Morgan fingerprint density at radius 3 is 2.55 bits per heavy atom. The van der Waals surface area contributed by atoms with Gasteiger partial charge in [0.2, 0.25) is 5.91 Å². The van der Waals surface area contributed by atoms with E-state index in [9.17, 15) is 19.8 Å². The van der Waals surface area contributed by atoms with Gasteiger partial charge in [0.15, 0.2) is 0 Å². The highest BCUT2D eigenvalue weighted by atomic mass is 32.1. The quantitative estimate of drug-likeness (QED) is 0.353. The summed E-state index contributed by atoms with van der Waals surface area (Å²) in [4.78, 5) is 28.9. The van der Waals surface area contributed by atoms with Gasteiger partial charge in [0, 0.05) is 24.0 Å². The molecule has 0 unspecified atom stereocenters. The molecule has 3 aliphatic rings. The molecule has 38 heavy (non-hydrogen) atoms. The topological polar surface area (TPSA) is 96.3 Å². The van der Waals surface area contributed by atoms with Gasteiger partial charge in [0.05, 0.1) is 35.5 Å². The molecule has 1 saturated carbocycles. The van der Waals surface area contributed by atoms with Gasteiger partial charge in [-0.25, -0.2) is 4.79 Å². The fourth-order valence-corrected chi connectivity index (χ4v) is 6.21. The molecule has 1 aromatic heterocycles. The number of carboxylic acid groups (broad SMARTS) is 1. The summed E-state index contributed by atoms with van der Waals surface area (Å²) in [7, 11) is 0. The van der Waals surface area contributed by atoms with Crippen molar-refractivity contribution in [3.63, 3.8) is 0 Å². The lowest BCUT2D eigenvalue weighted by Gasteiger charge is -2.42. The fraction of sp³-hybridized carbons (Fsp3) is 0.667. The molecule has 8 heteroatoms. The molecule has 2 aliphatic carbocycles. The molecule has 2 heterocycles. The number of carbonyl (C=O) groups is 2. The van der Waals surface area contributed by atoms with Crippen LogP contribution in [0.5, 0.6) is 0 Å². The number of hydrogen-bond acceptors (Lipinski definition) is 6. The van der Waals surface area contributed by atoms with Crippen LogP contribution in [0.4, 0.5) is 5.69 Å². The Bertz CT molecular complexity index is 1110. The number of allylic oxidation sites excluding steroid dienone is 2. The molecule has 7 nitrogen and oxygen atoms in total. The van der Waals surface area contributed by atoms with E-state index in [1.807, 2.05) is 20.8 Å². The molecule has 2 atom stereocenters. The highest BCUT2D eigenvalue weighted by molar-refractivity contribution is 7.15.